The SMILES string of the molecule is Cc1ccccc1NC(=O)COc1ccc([C@H]2c3sc(=O)[nH]c3SC3C4CC(C5C(=O)N(c6ccc(Cl)cc6)C(=O)C45)C32)cc1. The summed E-state index contributed by atoms with van der Waals surface area (Å²) in [7, 11) is 0. The highest BCUT2D eigenvalue weighted by molar-refractivity contribution is 8.00. The van der Waals surface area contributed by atoms with Crippen molar-refractivity contribution in [1.29, 1.82) is 0 Å². The number of carbonyl (C=O) groups excluding carboxylic acids is 3. The predicted octanol–water partition coefficient (Wildman–Crippen LogP) is 6.09. The van der Waals surface area contributed by atoms with E-state index in [1.807, 2.05) is 55.5 Å². The largest absolute Gasteiger partial charge is 0.484 e. The van der Waals surface area contributed by atoms with E-state index in [9.17, 15) is 19.2 Å². The third-order valence-electron chi connectivity index (χ3n) is 9.84. The van der Waals surface area contributed by atoms with Gasteiger partial charge in [-0.05, 0) is 84.7 Å². The number of benzene rings is 3. The molecule has 4 aliphatic rings. The van der Waals surface area contributed by atoms with Gasteiger partial charge in [0.15, 0.2) is 6.61 Å². The summed E-state index contributed by atoms with van der Waals surface area (Å²) in [6.45, 7) is 1.80. The summed E-state index contributed by atoms with van der Waals surface area (Å²) >= 11 is 8.97. The number of H-pyrrole nitrogens is 1. The fourth-order valence-electron chi connectivity index (χ4n) is 8.05. The molecular formula is C34H28ClN3O5S2. The van der Waals surface area contributed by atoms with Gasteiger partial charge in [0, 0.05) is 26.8 Å². The van der Waals surface area contributed by atoms with Crippen molar-refractivity contribution in [2.45, 2.75) is 29.5 Å². The Morgan fingerprint density at radius 2 is 1.69 bits per heavy atom. The number of aromatic nitrogens is 1. The highest BCUT2D eigenvalue weighted by Crippen LogP contribution is 2.68. The topological polar surface area (TPSA) is 109 Å². The van der Waals surface area contributed by atoms with E-state index in [0.717, 1.165) is 33.1 Å². The second kappa shape index (κ2) is 10.9. The zero-order chi connectivity index (χ0) is 31.0. The molecule has 228 valence electrons. The zero-order valence-electron chi connectivity index (χ0n) is 24.1. The number of amides is 3. The van der Waals surface area contributed by atoms with Gasteiger partial charge >= 0.3 is 4.87 Å². The summed E-state index contributed by atoms with van der Waals surface area (Å²) in [6, 6.07) is 22.1. The molecule has 45 heavy (non-hydrogen) atoms. The van der Waals surface area contributed by atoms with Gasteiger partial charge in [0.2, 0.25) is 11.8 Å². The molecule has 1 aromatic heterocycles. The fraction of sp³-hybridized carbons (Fsp3) is 0.294. The summed E-state index contributed by atoms with van der Waals surface area (Å²) in [6.07, 6.45) is 0.816. The molecular weight excluding hydrogens is 630 g/mol. The third kappa shape index (κ3) is 4.64. The number of fused-ring (bicyclic) bond motifs is 9. The number of halogens is 1. The molecule has 3 fully saturated rings. The molecule has 3 aromatic carbocycles. The average molecular weight is 658 g/mol. The normalized spacial score (nSPS) is 27.7. The minimum absolute atomic E-state index is 0.0164. The van der Waals surface area contributed by atoms with Crippen LogP contribution in [0.2, 0.25) is 5.02 Å². The summed E-state index contributed by atoms with van der Waals surface area (Å²) in [5, 5.41) is 4.39. The quantitative estimate of drug-likeness (QED) is 0.243. The van der Waals surface area contributed by atoms with Crippen molar-refractivity contribution in [3.63, 3.8) is 0 Å². The lowest BCUT2D eigenvalue weighted by atomic mass is 9.68. The Hall–Kier alpha value is -3.86. The van der Waals surface area contributed by atoms with Gasteiger partial charge in [-0.15, -0.1) is 11.8 Å². The van der Waals surface area contributed by atoms with Gasteiger partial charge in [-0.2, -0.15) is 0 Å². The number of hydrogen-bond acceptors (Lipinski definition) is 7. The van der Waals surface area contributed by atoms with Crippen LogP contribution in [0.4, 0.5) is 11.4 Å². The summed E-state index contributed by atoms with van der Waals surface area (Å²) in [5.41, 5.74) is 3.30. The molecule has 2 aliphatic heterocycles. The van der Waals surface area contributed by atoms with Crippen molar-refractivity contribution in [3.8, 4) is 5.75 Å². The van der Waals surface area contributed by atoms with Crippen LogP contribution in [0, 0.1) is 36.5 Å². The summed E-state index contributed by atoms with van der Waals surface area (Å²) in [5.74, 6) is -0.648. The first-order valence-electron chi connectivity index (χ1n) is 14.9. The number of nitrogens with zero attached hydrogens (tertiary/aromatic N) is 1. The number of ether oxygens (including phenoxy) is 1. The highest BCUT2D eigenvalue weighted by atomic mass is 35.5. The van der Waals surface area contributed by atoms with Gasteiger partial charge < -0.3 is 15.0 Å². The molecule has 2 aliphatic carbocycles. The van der Waals surface area contributed by atoms with E-state index in [0.29, 0.717) is 16.5 Å². The first kappa shape index (κ1) is 28.6. The number of rotatable bonds is 6. The molecule has 11 heteroatoms. The van der Waals surface area contributed by atoms with Gasteiger partial charge in [-0.1, -0.05) is 53.3 Å². The maximum absolute atomic E-state index is 13.9. The number of anilines is 2. The molecule has 0 radical (unpaired) electrons. The molecule has 8 rings (SSSR count). The number of aromatic amines is 1. The second-order valence-electron chi connectivity index (χ2n) is 12.2. The van der Waals surface area contributed by atoms with Crippen LogP contribution < -0.4 is 19.8 Å². The molecule has 3 heterocycles. The van der Waals surface area contributed by atoms with Gasteiger partial charge in [0.1, 0.15) is 5.75 Å². The van der Waals surface area contributed by atoms with Crippen molar-refractivity contribution in [1.82, 2.24) is 4.98 Å². The van der Waals surface area contributed by atoms with Crippen LogP contribution in [0.15, 0.2) is 82.6 Å². The van der Waals surface area contributed by atoms with E-state index >= 15 is 0 Å². The van der Waals surface area contributed by atoms with E-state index < -0.39 is 0 Å². The Kier molecular flexibility index (Phi) is 6.92. The highest BCUT2D eigenvalue weighted by Gasteiger charge is 2.69. The van der Waals surface area contributed by atoms with E-state index in [2.05, 4.69) is 10.3 Å². The monoisotopic (exact) mass is 657 g/mol. The minimum atomic E-state index is -0.380. The van der Waals surface area contributed by atoms with Crippen molar-refractivity contribution >= 4 is 63.8 Å². The van der Waals surface area contributed by atoms with Crippen LogP contribution >= 0.6 is 34.7 Å². The second-order valence-corrected chi connectivity index (χ2v) is 14.8. The summed E-state index contributed by atoms with van der Waals surface area (Å²) in [4.78, 5) is 58.1. The van der Waals surface area contributed by atoms with Crippen molar-refractivity contribution < 1.29 is 19.1 Å². The molecule has 3 amide bonds. The third-order valence-corrected chi connectivity index (χ3v) is 12.7. The van der Waals surface area contributed by atoms with Crippen molar-refractivity contribution in [2.24, 2.45) is 29.6 Å². The lowest BCUT2D eigenvalue weighted by Gasteiger charge is -2.43. The van der Waals surface area contributed by atoms with Gasteiger partial charge in [-0.25, -0.2) is 0 Å². The molecule has 8 nitrogen and oxygen atoms in total. The Balaban J connectivity index is 1.06. The van der Waals surface area contributed by atoms with Gasteiger partial charge in [-0.3, -0.25) is 24.1 Å². The number of nitrogens with one attached hydrogen (secondary N) is 2. The van der Waals surface area contributed by atoms with Gasteiger partial charge in [0.05, 0.1) is 22.5 Å². The van der Waals surface area contributed by atoms with E-state index in [1.54, 1.807) is 36.0 Å². The van der Waals surface area contributed by atoms with E-state index in [-0.39, 0.29) is 70.0 Å². The molecule has 6 unspecified atom stereocenters. The molecule has 0 spiro atoms. The first-order valence-corrected chi connectivity index (χ1v) is 17.0. The minimum Gasteiger partial charge on any atom is -0.484 e. The number of thioether (sulfide) groups is 1. The van der Waals surface area contributed by atoms with Gasteiger partial charge in [0.25, 0.3) is 5.91 Å². The van der Waals surface area contributed by atoms with Crippen LogP contribution in [0.25, 0.3) is 0 Å². The van der Waals surface area contributed by atoms with Crippen LogP contribution in [0.1, 0.15) is 28.3 Å². The lowest BCUT2D eigenvalue weighted by Crippen LogP contribution is -2.42. The van der Waals surface area contributed by atoms with Crippen molar-refractivity contribution in [3.05, 3.63) is 103 Å². The number of carbonyl (C=O) groups is 3. The molecule has 4 aromatic rings. The smallest absolute Gasteiger partial charge is 0.305 e. The number of aryl methyl sites for hydroxylation is 1. The molecule has 2 bridgehead atoms. The molecule has 2 N–H and O–H groups in total. The lowest BCUT2D eigenvalue weighted by molar-refractivity contribution is -0.123. The number of thiazole rings is 1. The molecule has 2 saturated carbocycles. The van der Waals surface area contributed by atoms with Crippen LogP contribution in [-0.2, 0) is 14.4 Å². The van der Waals surface area contributed by atoms with Crippen LogP contribution in [-0.4, -0.2) is 34.6 Å². The number of hydrogen-bond donors (Lipinski definition) is 2. The Bertz CT molecular complexity index is 1910. The number of imide groups is 1. The Morgan fingerprint density at radius 1 is 0.978 bits per heavy atom. The fourth-order valence-corrected chi connectivity index (χ4v) is 11.1. The standard InChI is InChI=1S/C34H28ClN3O5S2/c1-16-4-2-3-5-23(16)36-24(39)15-43-20-12-6-17(7-13-20)25-26-21-14-22(29(26)44-31-30(25)45-34(42)37-31)28-27(21)32(40)38(33(28)41)19-10-8-18(35)9-11-19/h2-13,21-22,25-29H,14-15H2,1H3,(H,36,39)(H,37,42)/t21?,22?,25-,26?,27?,28?,29?/m1/s1. The van der Waals surface area contributed by atoms with Crippen molar-refractivity contribution in [2.75, 3.05) is 16.8 Å². The van der Waals surface area contributed by atoms with Crippen LogP contribution in [0.3, 0.4) is 0 Å². The van der Waals surface area contributed by atoms with E-state index in [1.165, 1.54) is 16.2 Å². The average Bonchev–Trinajstić information content (AvgIpc) is 3.77. The Labute approximate surface area is 272 Å². The van der Waals surface area contributed by atoms with Crippen LogP contribution in [0.5, 0.6) is 5.75 Å². The maximum atomic E-state index is 13.9. The maximum Gasteiger partial charge on any atom is 0.305 e. The van der Waals surface area contributed by atoms with E-state index in [4.69, 9.17) is 16.3 Å². The number of para-hydroxylation sites is 1. The predicted molar refractivity (Wildman–Crippen MR) is 174 cm³/mol. The molecule has 1 saturated heterocycles. The Morgan fingerprint density at radius 3 is 2.42 bits per heavy atom. The first-order chi connectivity index (χ1) is 21.8. The zero-order valence-corrected chi connectivity index (χ0v) is 26.5. The molecule has 7 atom stereocenters. The summed E-state index contributed by atoms with van der Waals surface area (Å²) < 4.78 is 5.81.